The fourth-order valence-corrected chi connectivity index (χ4v) is 2.81. The molecule has 1 aromatic heterocycles. The predicted molar refractivity (Wildman–Crippen MR) is 82.8 cm³/mol. The van der Waals surface area contributed by atoms with Crippen LogP contribution in [0, 0.1) is 11.3 Å². The van der Waals surface area contributed by atoms with Crippen molar-refractivity contribution in [2.75, 3.05) is 31.1 Å². The third kappa shape index (κ3) is 3.12. The summed E-state index contributed by atoms with van der Waals surface area (Å²) < 4.78 is 0. The predicted octanol–water partition coefficient (Wildman–Crippen LogP) is -0.800. The highest BCUT2D eigenvalue weighted by atomic mass is 16.2. The number of nitriles is 1. The molecule has 2 N–H and O–H groups in total. The molecule has 0 aromatic carbocycles. The molecule has 0 spiro atoms. The van der Waals surface area contributed by atoms with E-state index in [0.717, 1.165) is 0 Å². The third-order valence-electron chi connectivity index (χ3n) is 4.08. The van der Waals surface area contributed by atoms with Crippen LogP contribution in [0.25, 0.3) is 0 Å². The van der Waals surface area contributed by atoms with Crippen LogP contribution in [0.5, 0.6) is 0 Å². The number of carbonyl (C=O) groups excluding carboxylic acids is 3. The molecule has 2 aliphatic heterocycles. The first-order valence-corrected chi connectivity index (χ1v) is 7.57. The molecule has 0 bridgehead atoms. The van der Waals surface area contributed by atoms with Crippen molar-refractivity contribution in [3.05, 3.63) is 23.9 Å². The second-order valence-corrected chi connectivity index (χ2v) is 5.57. The maximum absolute atomic E-state index is 12.3. The van der Waals surface area contributed by atoms with Crippen LogP contribution in [0.4, 0.5) is 10.6 Å². The number of anilines is 1. The van der Waals surface area contributed by atoms with E-state index in [2.05, 4.69) is 21.7 Å². The number of aromatic nitrogens is 1. The number of imide groups is 1. The van der Waals surface area contributed by atoms with Gasteiger partial charge in [0.15, 0.2) is 0 Å². The number of hydrogen-bond donors (Lipinski definition) is 2. The molecule has 24 heavy (non-hydrogen) atoms. The summed E-state index contributed by atoms with van der Waals surface area (Å²) in [4.78, 5) is 42.7. The van der Waals surface area contributed by atoms with Gasteiger partial charge in [-0.2, -0.15) is 5.26 Å². The van der Waals surface area contributed by atoms with Crippen LogP contribution in [-0.4, -0.2) is 60.0 Å². The van der Waals surface area contributed by atoms with Crippen LogP contribution in [0.3, 0.4) is 0 Å². The minimum atomic E-state index is -0.802. The summed E-state index contributed by atoms with van der Waals surface area (Å²) in [6.45, 7) is 2.06. The Balaban J connectivity index is 1.57. The van der Waals surface area contributed by atoms with Gasteiger partial charge < -0.3 is 15.1 Å². The molecule has 0 unspecified atom stereocenters. The molecular formula is C15H16N6O3. The Morgan fingerprint density at radius 2 is 2.08 bits per heavy atom. The zero-order valence-corrected chi connectivity index (χ0v) is 12.9. The second-order valence-electron chi connectivity index (χ2n) is 5.57. The zero-order chi connectivity index (χ0) is 17.1. The monoisotopic (exact) mass is 328 g/mol. The molecule has 0 saturated carbocycles. The van der Waals surface area contributed by atoms with E-state index in [1.54, 1.807) is 23.2 Å². The van der Waals surface area contributed by atoms with Crippen molar-refractivity contribution in [2.24, 2.45) is 0 Å². The molecule has 0 radical (unpaired) electrons. The van der Waals surface area contributed by atoms with Gasteiger partial charge in [0.05, 0.1) is 12.0 Å². The zero-order valence-electron chi connectivity index (χ0n) is 12.9. The number of piperazine rings is 1. The topological polar surface area (TPSA) is 118 Å². The first kappa shape index (κ1) is 15.7. The van der Waals surface area contributed by atoms with Gasteiger partial charge in [-0.3, -0.25) is 14.9 Å². The first-order valence-electron chi connectivity index (χ1n) is 7.57. The normalized spacial score (nSPS) is 20.4. The summed E-state index contributed by atoms with van der Waals surface area (Å²) in [5.74, 6) is -0.0350. The number of rotatable bonds is 3. The Kier molecular flexibility index (Phi) is 4.29. The van der Waals surface area contributed by atoms with Crippen molar-refractivity contribution >= 4 is 23.7 Å². The van der Waals surface area contributed by atoms with Gasteiger partial charge in [-0.1, -0.05) is 0 Å². The fraction of sp³-hybridized carbons (Fsp3) is 0.400. The van der Waals surface area contributed by atoms with E-state index in [-0.39, 0.29) is 12.3 Å². The largest absolute Gasteiger partial charge is 0.352 e. The lowest BCUT2D eigenvalue weighted by Gasteiger charge is -2.36. The van der Waals surface area contributed by atoms with Gasteiger partial charge in [0.2, 0.25) is 5.91 Å². The molecule has 2 aliphatic rings. The molecule has 3 rings (SSSR count). The van der Waals surface area contributed by atoms with Gasteiger partial charge in [0, 0.05) is 32.4 Å². The summed E-state index contributed by atoms with van der Waals surface area (Å²) >= 11 is 0. The van der Waals surface area contributed by atoms with E-state index < -0.39 is 18.0 Å². The lowest BCUT2D eigenvalue weighted by atomic mass is 10.1. The van der Waals surface area contributed by atoms with E-state index in [1.165, 1.54) is 0 Å². The van der Waals surface area contributed by atoms with Gasteiger partial charge in [-0.05, 0) is 12.1 Å². The molecule has 124 valence electrons. The molecule has 9 heteroatoms. The summed E-state index contributed by atoms with van der Waals surface area (Å²) in [5, 5.41) is 13.7. The highest BCUT2D eigenvalue weighted by Gasteiger charge is 2.33. The van der Waals surface area contributed by atoms with E-state index in [4.69, 9.17) is 5.26 Å². The van der Waals surface area contributed by atoms with Crippen LogP contribution in [-0.2, 0) is 9.59 Å². The molecule has 1 atom stereocenters. The average Bonchev–Trinajstić information content (AvgIpc) is 2.92. The number of carbonyl (C=O) groups is 3. The summed E-state index contributed by atoms with van der Waals surface area (Å²) in [6.07, 6.45) is 1.58. The van der Waals surface area contributed by atoms with Gasteiger partial charge >= 0.3 is 6.03 Å². The number of hydrogen-bond acceptors (Lipinski definition) is 6. The molecular weight excluding hydrogens is 312 g/mol. The highest BCUT2D eigenvalue weighted by molar-refractivity contribution is 6.05. The van der Waals surface area contributed by atoms with Crippen molar-refractivity contribution < 1.29 is 14.4 Å². The van der Waals surface area contributed by atoms with Gasteiger partial charge in [-0.25, -0.2) is 9.78 Å². The smallest absolute Gasteiger partial charge is 0.322 e. The van der Waals surface area contributed by atoms with E-state index in [9.17, 15) is 14.4 Å². The molecule has 4 amide bonds. The van der Waals surface area contributed by atoms with Crippen molar-refractivity contribution in [1.29, 1.82) is 5.26 Å². The van der Waals surface area contributed by atoms with Crippen LogP contribution >= 0.6 is 0 Å². The molecule has 9 nitrogen and oxygen atoms in total. The van der Waals surface area contributed by atoms with E-state index in [1.807, 2.05) is 4.90 Å². The van der Waals surface area contributed by atoms with Gasteiger partial charge in [0.25, 0.3) is 5.91 Å². The van der Waals surface area contributed by atoms with Crippen molar-refractivity contribution in [1.82, 2.24) is 20.5 Å². The summed E-state index contributed by atoms with van der Waals surface area (Å²) in [6, 6.07) is 4.17. The number of nitrogens with zero attached hydrogens (tertiary/aromatic N) is 4. The maximum atomic E-state index is 12.3. The minimum Gasteiger partial charge on any atom is -0.352 e. The number of urea groups is 1. The molecule has 0 aliphatic carbocycles. The molecule has 2 saturated heterocycles. The Bertz CT molecular complexity index is 720. The van der Waals surface area contributed by atoms with Crippen LogP contribution < -0.4 is 15.5 Å². The number of nitrogens with one attached hydrogen (secondary N) is 2. The Labute approximate surface area is 138 Å². The standard InChI is InChI=1S/C15H16N6O3/c16-9-10-2-1-3-17-13(10)21-6-4-20(5-7-21)12(22)8-11-14(23)19-15(24)18-11/h1-3,11H,4-8H2,(H2,18,19,23,24)/t11-/m1/s1. The first-order chi connectivity index (χ1) is 11.6. The van der Waals surface area contributed by atoms with Crippen LogP contribution in [0.2, 0.25) is 0 Å². The SMILES string of the molecule is N#Cc1cccnc1N1CCN(C(=O)C[C@H]2NC(=O)NC2=O)CC1. The number of pyridine rings is 1. The molecule has 2 fully saturated rings. The lowest BCUT2D eigenvalue weighted by Crippen LogP contribution is -2.50. The maximum Gasteiger partial charge on any atom is 0.322 e. The summed E-state index contributed by atoms with van der Waals surface area (Å²) in [7, 11) is 0. The van der Waals surface area contributed by atoms with Crippen molar-refractivity contribution in [3.63, 3.8) is 0 Å². The average molecular weight is 328 g/mol. The van der Waals surface area contributed by atoms with E-state index in [0.29, 0.717) is 37.6 Å². The minimum absolute atomic E-state index is 0.0510. The van der Waals surface area contributed by atoms with Crippen molar-refractivity contribution in [2.45, 2.75) is 12.5 Å². The highest BCUT2D eigenvalue weighted by Crippen LogP contribution is 2.18. The Morgan fingerprint density at radius 3 is 2.71 bits per heavy atom. The third-order valence-corrected chi connectivity index (χ3v) is 4.08. The van der Waals surface area contributed by atoms with E-state index >= 15 is 0 Å². The van der Waals surface area contributed by atoms with Crippen LogP contribution in [0.1, 0.15) is 12.0 Å². The lowest BCUT2D eigenvalue weighted by molar-refractivity contribution is -0.134. The van der Waals surface area contributed by atoms with Gasteiger partial charge in [0.1, 0.15) is 17.9 Å². The quantitative estimate of drug-likeness (QED) is 0.701. The fourth-order valence-electron chi connectivity index (χ4n) is 2.81. The Hall–Kier alpha value is -3.15. The summed E-state index contributed by atoms with van der Waals surface area (Å²) in [5.41, 5.74) is 0.502. The van der Waals surface area contributed by atoms with Gasteiger partial charge in [-0.15, -0.1) is 0 Å². The Morgan fingerprint density at radius 1 is 1.33 bits per heavy atom. The molecule has 3 heterocycles. The second kappa shape index (κ2) is 6.54. The molecule has 1 aromatic rings. The van der Waals surface area contributed by atoms with Crippen molar-refractivity contribution in [3.8, 4) is 6.07 Å². The number of amides is 4. The van der Waals surface area contributed by atoms with Crippen LogP contribution in [0.15, 0.2) is 18.3 Å².